The molecule has 3 aromatic rings. The zero-order chi connectivity index (χ0) is 19.4. The minimum Gasteiger partial charge on any atom is -0.309 e. The number of nitrogens with zero attached hydrogens (tertiary/aromatic N) is 5. The highest BCUT2D eigenvalue weighted by molar-refractivity contribution is 5.89. The van der Waals surface area contributed by atoms with Crippen molar-refractivity contribution in [2.45, 2.75) is 33.4 Å². The first-order chi connectivity index (χ1) is 12.9. The van der Waals surface area contributed by atoms with E-state index in [1.807, 2.05) is 37.4 Å². The second-order valence-corrected chi connectivity index (χ2v) is 6.24. The third-order valence-corrected chi connectivity index (χ3v) is 4.19. The van der Waals surface area contributed by atoms with E-state index in [2.05, 4.69) is 15.5 Å². The number of nitrogens with one attached hydrogen (secondary N) is 1. The standard InChI is InChI=1S/C18H20N6O3/c1-13-5-3-4-6-15(13)11-22-9-7-17(21-22)19-18(25)8-10-23-12-16(24(26)27)14(2)20-23/h3-7,9,12H,8,10-11H2,1-2H3,(H,19,21,25). The summed E-state index contributed by atoms with van der Waals surface area (Å²) in [5.41, 5.74) is 2.62. The van der Waals surface area contributed by atoms with Gasteiger partial charge < -0.3 is 5.32 Å². The Balaban J connectivity index is 1.54. The molecule has 1 N–H and O–H groups in total. The minimum absolute atomic E-state index is 0.0506. The van der Waals surface area contributed by atoms with Gasteiger partial charge >= 0.3 is 5.69 Å². The number of aryl methyl sites for hydroxylation is 3. The Kier molecular flexibility index (Phi) is 5.30. The summed E-state index contributed by atoms with van der Waals surface area (Å²) in [6, 6.07) is 9.79. The topological polar surface area (TPSA) is 108 Å². The van der Waals surface area contributed by atoms with Crippen molar-refractivity contribution in [2.75, 3.05) is 5.32 Å². The molecule has 0 radical (unpaired) electrons. The zero-order valence-electron chi connectivity index (χ0n) is 15.1. The fraction of sp³-hybridized carbons (Fsp3) is 0.278. The predicted octanol–water partition coefficient (Wildman–Crippen LogP) is 2.68. The van der Waals surface area contributed by atoms with Gasteiger partial charge in [0.25, 0.3) is 0 Å². The summed E-state index contributed by atoms with van der Waals surface area (Å²) in [7, 11) is 0. The van der Waals surface area contributed by atoms with Gasteiger partial charge in [-0.15, -0.1) is 0 Å². The Bertz CT molecular complexity index is 975. The molecule has 3 rings (SSSR count). The highest BCUT2D eigenvalue weighted by atomic mass is 16.6. The van der Waals surface area contributed by atoms with Crippen LogP contribution in [0.1, 0.15) is 23.2 Å². The molecule has 2 heterocycles. The molecular weight excluding hydrogens is 348 g/mol. The van der Waals surface area contributed by atoms with Crippen LogP contribution in [-0.4, -0.2) is 30.4 Å². The van der Waals surface area contributed by atoms with E-state index in [1.54, 1.807) is 17.7 Å². The molecule has 9 nitrogen and oxygen atoms in total. The predicted molar refractivity (Wildman–Crippen MR) is 99.4 cm³/mol. The van der Waals surface area contributed by atoms with E-state index in [9.17, 15) is 14.9 Å². The quantitative estimate of drug-likeness (QED) is 0.509. The minimum atomic E-state index is -0.486. The molecule has 0 atom stereocenters. The second-order valence-electron chi connectivity index (χ2n) is 6.24. The van der Waals surface area contributed by atoms with Crippen molar-refractivity contribution in [1.29, 1.82) is 0 Å². The van der Waals surface area contributed by atoms with Gasteiger partial charge in [0.2, 0.25) is 5.91 Å². The summed E-state index contributed by atoms with van der Waals surface area (Å²) in [5.74, 6) is 0.239. The van der Waals surface area contributed by atoms with E-state index in [0.29, 0.717) is 18.1 Å². The Morgan fingerprint density at radius 3 is 2.67 bits per heavy atom. The van der Waals surface area contributed by atoms with E-state index in [1.165, 1.54) is 16.4 Å². The number of hydrogen-bond donors (Lipinski definition) is 1. The van der Waals surface area contributed by atoms with E-state index in [-0.39, 0.29) is 24.6 Å². The van der Waals surface area contributed by atoms with Gasteiger partial charge in [-0.2, -0.15) is 10.2 Å². The van der Waals surface area contributed by atoms with Crippen LogP contribution in [0.2, 0.25) is 0 Å². The Morgan fingerprint density at radius 2 is 1.96 bits per heavy atom. The van der Waals surface area contributed by atoms with Gasteiger partial charge in [-0.25, -0.2) is 0 Å². The molecule has 2 aromatic heterocycles. The number of amides is 1. The van der Waals surface area contributed by atoms with Crippen molar-refractivity contribution in [3.63, 3.8) is 0 Å². The van der Waals surface area contributed by atoms with Crippen LogP contribution in [0.5, 0.6) is 0 Å². The Labute approximate surface area is 155 Å². The highest BCUT2D eigenvalue weighted by Gasteiger charge is 2.15. The van der Waals surface area contributed by atoms with Gasteiger partial charge in [0.05, 0.1) is 11.5 Å². The first kappa shape index (κ1) is 18.3. The van der Waals surface area contributed by atoms with Crippen LogP contribution < -0.4 is 5.32 Å². The van der Waals surface area contributed by atoms with Crippen molar-refractivity contribution in [3.8, 4) is 0 Å². The molecule has 140 valence electrons. The largest absolute Gasteiger partial charge is 0.309 e. The summed E-state index contributed by atoms with van der Waals surface area (Å²) >= 11 is 0. The number of rotatable bonds is 7. The molecule has 0 aliphatic rings. The third-order valence-electron chi connectivity index (χ3n) is 4.19. The molecule has 27 heavy (non-hydrogen) atoms. The number of hydrogen-bond acceptors (Lipinski definition) is 5. The number of nitro groups is 1. The number of benzene rings is 1. The van der Waals surface area contributed by atoms with Crippen LogP contribution >= 0.6 is 0 Å². The first-order valence-corrected chi connectivity index (χ1v) is 8.48. The van der Waals surface area contributed by atoms with Crippen LogP contribution in [0.4, 0.5) is 11.5 Å². The van der Waals surface area contributed by atoms with Crippen molar-refractivity contribution in [2.24, 2.45) is 0 Å². The van der Waals surface area contributed by atoms with Gasteiger partial charge in [-0.1, -0.05) is 24.3 Å². The first-order valence-electron chi connectivity index (χ1n) is 8.48. The average molecular weight is 368 g/mol. The summed E-state index contributed by atoms with van der Waals surface area (Å²) in [6.45, 7) is 4.49. The van der Waals surface area contributed by atoms with Crippen LogP contribution in [-0.2, 0) is 17.9 Å². The van der Waals surface area contributed by atoms with Gasteiger partial charge in [-0.05, 0) is 25.0 Å². The van der Waals surface area contributed by atoms with Gasteiger partial charge in [0.1, 0.15) is 11.9 Å². The van der Waals surface area contributed by atoms with Crippen LogP contribution in [0, 0.1) is 24.0 Å². The molecule has 9 heteroatoms. The van der Waals surface area contributed by atoms with Crippen LogP contribution in [0.15, 0.2) is 42.7 Å². The van der Waals surface area contributed by atoms with Crippen molar-refractivity contribution in [3.05, 3.63) is 69.7 Å². The maximum atomic E-state index is 12.1. The summed E-state index contributed by atoms with van der Waals surface area (Å²) in [5, 5.41) is 22.0. The molecular formula is C18H20N6O3. The van der Waals surface area contributed by atoms with Crippen molar-refractivity contribution >= 4 is 17.4 Å². The van der Waals surface area contributed by atoms with Gasteiger partial charge in [0.15, 0.2) is 5.82 Å². The molecule has 0 aliphatic carbocycles. The zero-order valence-corrected chi connectivity index (χ0v) is 15.1. The Hall–Kier alpha value is -3.49. The molecule has 1 aromatic carbocycles. The molecule has 0 spiro atoms. The lowest BCUT2D eigenvalue weighted by Crippen LogP contribution is -2.15. The van der Waals surface area contributed by atoms with Gasteiger partial charge in [-0.3, -0.25) is 24.3 Å². The normalized spacial score (nSPS) is 10.7. The molecule has 0 bridgehead atoms. The molecule has 0 saturated heterocycles. The fourth-order valence-electron chi connectivity index (χ4n) is 2.70. The number of anilines is 1. The molecule has 1 amide bonds. The smallest absolute Gasteiger partial charge is 0.309 e. The van der Waals surface area contributed by atoms with E-state index >= 15 is 0 Å². The van der Waals surface area contributed by atoms with Crippen LogP contribution in [0.25, 0.3) is 0 Å². The lowest BCUT2D eigenvalue weighted by atomic mass is 10.1. The molecule has 0 aliphatic heterocycles. The van der Waals surface area contributed by atoms with Crippen molar-refractivity contribution < 1.29 is 9.72 Å². The highest BCUT2D eigenvalue weighted by Crippen LogP contribution is 2.15. The maximum absolute atomic E-state index is 12.1. The van der Waals surface area contributed by atoms with E-state index < -0.39 is 4.92 Å². The second kappa shape index (κ2) is 7.81. The third kappa shape index (κ3) is 4.57. The lowest BCUT2D eigenvalue weighted by molar-refractivity contribution is -0.385. The summed E-state index contributed by atoms with van der Waals surface area (Å²) in [4.78, 5) is 22.4. The maximum Gasteiger partial charge on any atom is 0.309 e. The molecule has 0 unspecified atom stereocenters. The number of carbonyl (C=O) groups excluding carboxylic acids is 1. The SMILES string of the molecule is Cc1ccccc1Cn1ccc(NC(=O)CCn2cc([N+](=O)[O-])c(C)n2)n1. The van der Waals surface area contributed by atoms with Crippen molar-refractivity contribution in [1.82, 2.24) is 19.6 Å². The summed E-state index contributed by atoms with van der Waals surface area (Å²) < 4.78 is 3.17. The average Bonchev–Trinajstić information content (AvgIpc) is 3.21. The fourth-order valence-corrected chi connectivity index (χ4v) is 2.70. The number of carbonyl (C=O) groups is 1. The molecule has 0 fully saturated rings. The Morgan fingerprint density at radius 1 is 1.19 bits per heavy atom. The summed E-state index contributed by atoms with van der Waals surface area (Å²) in [6.07, 6.45) is 3.28. The lowest BCUT2D eigenvalue weighted by Gasteiger charge is -2.06. The van der Waals surface area contributed by atoms with Crippen LogP contribution in [0.3, 0.4) is 0 Å². The molecule has 0 saturated carbocycles. The monoisotopic (exact) mass is 368 g/mol. The number of aromatic nitrogens is 4. The van der Waals surface area contributed by atoms with E-state index in [4.69, 9.17) is 0 Å². The van der Waals surface area contributed by atoms with Gasteiger partial charge in [0, 0.05) is 25.2 Å². The van der Waals surface area contributed by atoms with E-state index in [0.717, 1.165) is 5.56 Å².